The Morgan fingerprint density at radius 2 is 2.11 bits per heavy atom. The number of hydrogen-bond donors (Lipinski definition) is 1. The molecule has 0 radical (unpaired) electrons. The van der Waals surface area contributed by atoms with Crippen LogP contribution < -0.4 is 0 Å². The molecule has 1 aliphatic heterocycles. The average Bonchev–Trinajstić information content (AvgIpc) is 2.40. The molecule has 2 rings (SSSR count). The van der Waals surface area contributed by atoms with Crippen molar-refractivity contribution in [2.45, 2.75) is 17.0 Å². The van der Waals surface area contributed by atoms with E-state index in [9.17, 15) is 5.11 Å². The van der Waals surface area contributed by atoms with Crippen LogP contribution in [0, 0.1) is 0 Å². The molecule has 2 unspecified atom stereocenters. The summed E-state index contributed by atoms with van der Waals surface area (Å²) in [5.41, 5.74) is 0. The summed E-state index contributed by atoms with van der Waals surface area (Å²) in [5, 5.41) is 11.1. The fourth-order valence-electron chi connectivity index (χ4n) is 2.31. The molecule has 1 saturated heterocycles. The molecular formula is C14H21ClN2OS. The van der Waals surface area contributed by atoms with Crippen LogP contribution >= 0.6 is 23.4 Å². The molecule has 1 aliphatic rings. The summed E-state index contributed by atoms with van der Waals surface area (Å²) in [6, 6.07) is 7.98. The third-order valence-electron chi connectivity index (χ3n) is 3.59. The molecule has 1 N–H and O–H groups in total. The van der Waals surface area contributed by atoms with Gasteiger partial charge in [-0.15, -0.1) is 11.8 Å². The highest BCUT2D eigenvalue weighted by Gasteiger charge is 2.28. The molecule has 3 nitrogen and oxygen atoms in total. The molecule has 1 aromatic rings. The zero-order valence-corrected chi connectivity index (χ0v) is 13.0. The van der Waals surface area contributed by atoms with Crippen molar-refractivity contribution < 1.29 is 5.11 Å². The molecular weight excluding hydrogens is 280 g/mol. The fourth-order valence-corrected chi connectivity index (χ4v) is 3.56. The minimum Gasteiger partial charge on any atom is -0.391 e. The first kappa shape index (κ1) is 15.1. The summed E-state index contributed by atoms with van der Waals surface area (Å²) in [4.78, 5) is 5.56. The molecule has 0 amide bonds. The first-order valence-electron chi connectivity index (χ1n) is 6.52. The van der Waals surface area contributed by atoms with Crippen molar-refractivity contribution in [3.63, 3.8) is 0 Å². The van der Waals surface area contributed by atoms with Gasteiger partial charge in [0.15, 0.2) is 0 Å². The Labute approximate surface area is 124 Å². The first-order valence-corrected chi connectivity index (χ1v) is 7.88. The van der Waals surface area contributed by atoms with Gasteiger partial charge in [-0.1, -0.05) is 23.7 Å². The van der Waals surface area contributed by atoms with Crippen molar-refractivity contribution >= 4 is 23.4 Å². The number of aliphatic hydroxyl groups excluding tert-OH is 1. The topological polar surface area (TPSA) is 26.7 Å². The molecule has 0 bridgehead atoms. The highest BCUT2D eigenvalue weighted by molar-refractivity contribution is 7.99. The monoisotopic (exact) mass is 300 g/mol. The largest absolute Gasteiger partial charge is 0.391 e. The maximum absolute atomic E-state index is 10.4. The van der Waals surface area contributed by atoms with Crippen LogP contribution in [0.1, 0.15) is 0 Å². The van der Waals surface area contributed by atoms with E-state index in [-0.39, 0.29) is 12.1 Å². The molecule has 2 atom stereocenters. The Hall–Kier alpha value is -0.260. The minimum absolute atomic E-state index is 0.203. The number of thioether (sulfide) groups is 1. The second-order valence-electron chi connectivity index (χ2n) is 5.12. The van der Waals surface area contributed by atoms with Crippen molar-refractivity contribution in [1.29, 1.82) is 0 Å². The van der Waals surface area contributed by atoms with E-state index >= 15 is 0 Å². The van der Waals surface area contributed by atoms with E-state index in [1.807, 2.05) is 24.3 Å². The third kappa shape index (κ3) is 4.10. The van der Waals surface area contributed by atoms with Gasteiger partial charge in [-0.05, 0) is 26.2 Å². The van der Waals surface area contributed by atoms with Gasteiger partial charge in [-0.2, -0.15) is 0 Å². The van der Waals surface area contributed by atoms with Crippen LogP contribution in [-0.2, 0) is 0 Å². The SMILES string of the molecule is CN1CCN(C)C(C(O)CSc2ccccc2Cl)C1. The van der Waals surface area contributed by atoms with Crippen LogP contribution in [0.2, 0.25) is 5.02 Å². The number of likely N-dealkylation sites (N-methyl/N-ethyl adjacent to an activating group) is 2. The van der Waals surface area contributed by atoms with Gasteiger partial charge < -0.3 is 10.0 Å². The maximum atomic E-state index is 10.4. The Balaban J connectivity index is 1.90. The predicted octanol–water partition coefficient (Wildman–Crippen LogP) is 2.04. The number of hydrogen-bond acceptors (Lipinski definition) is 4. The van der Waals surface area contributed by atoms with Crippen LogP contribution in [0.15, 0.2) is 29.2 Å². The second kappa shape index (κ2) is 6.95. The lowest BCUT2D eigenvalue weighted by Gasteiger charge is -2.40. The van der Waals surface area contributed by atoms with E-state index in [0.29, 0.717) is 5.75 Å². The smallest absolute Gasteiger partial charge is 0.0801 e. The molecule has 1 aromatic carbocycles. The van der Waals surface area contributed by atoms with Crippen LogP contribution in [-0.4, -0.2) is 66.5 Å². The van der Waals surface area contributed by atoms with E-state index < -0.39 is 0 Å². The summed E-state index contributed by atoms with van der Waals surface area (Å²) in [6.07, 6.45) is -0.339. The molecule has 5 heteroatoms. The van der Waals surface area contributed by atoms with Crippen molar-refractivity contribution in [2.75, 3.05) is 39.5 Å². The Bertz CT molecular complexity index is 418. The number of nitrogens with zero attached hydrogens (tertiary/aromatic N) is 2. The molecule has 0 aliphatic carbocycles. The molecule has 0 spiro atoms. The Morgan fingerprint density at radius 3 is 2.84 bits per heavy atom. The number of benzene rings is 1. The second-order valence-corrected chi connectivity index (χ2v) is 6.59. The van der Waals surface area contributed by atoms with Gasteiger partial charge >= 0.3 is 0 Å². The van der Waals surface area contributed by atoms with Gasteiger partial charge in [0.05, 0.1) is 11.1 Å². The molecule has 106 valence electrons. The number of halogens is 1. The third-order valence-corrected chi connectivity index (χ3v) is 5.21. The number of rotatable bonds is 4. The fraction of sp³-hybridized carbons (Fsp3) is 0.571. The normalized spacial score (nSPS) is 23.5. The van der Waals surface area contributed by atoms with Gasteiger partial charge in [-0.3, -0.25) is 4.90 Å². The van der Waals surface area contributed by atoms with Gasteiger partial charge in [0.25, 0.3) is 0 Å². The highest BCUT2D eigenvalue weighted by Crippen LogP contribution is 2.28. The molecule has 1 fully saturated rings. The molecule has 19 heavy (non-hydrogen) atoms. The summed E-state index contributed by atoms with van der Waals surface area (Å²) in [5.74, 6) is 0.673. The minimum atomic E-state index is -0.339. The molecule has 0 aromatic heterocycles. The first-order chi connectivity index (χ1) is 9.08. The van der Waals surface area contributed by atoms with Crippen LogP contribution in [0.4, 0.5) is 0 Å². The lowest BCUT2D eigenvalue weighted by atomic mass is 10.1. The number of piperazine rings is 1. The van der Waals surface area contributed by atoms with Crippen molar-refractivity contribution in [1.82, 2.24) is 9.80 Å². The van der Waals surface area contributed by atoms with Gasteiger partial charge in [0.2, 0.25) is 0 Å². The standard InChI is InChI=1S/C14H21ClN2OS/c1-16-7-8-17(2)12(9-16)13(18)10-19-14-6-4-3-5-11(14)15/h3-6,12-13,18H,7-10H2,1-2H3. The highest BCUT2D eigenvalue weighted by atomic mass is 35.5. The Kier molecular flexibility index (Phi) is 5.54. The molecule has 0 saturated carbocycles. The summed E-state index contributed by atoms with van der Waals surface area (Å²) < 4.78 is 0. The van der Waals surface area contributed by atoms with E-state index in [2.05, 4.69) is 23.9 Å². The van der Waals surface area contributed by atoms with E-state index in [1.165, 1.54) is 0 Å². The lowest BCUT2D eigenvalue weighted by Crippen LogP contribution is -2.55. The van der Waals surface area contributed by atoms with Crippen molar-refractivity contribution in [3.05, 3.63) is 29.3 Å². The average molecular weight is 301 g/mol. The van der Waals surface area contributed by atoms with Gasteiger partial charge in [0.1, 0.15) is 0 Å². The number of aliphatic hydroxyl groups is 1. The predicted molar refractivity (Wildman–Crippen MR) is 82.1 cm³/mol. The van der Waals surface area contributed by atoms with E-state index in [0.717, 1.165) is 29.6 Å². The summed E-state index contributed by atoms with van der Waals surface area (Å²) >= 11 is 7.75. The zero-order chi connectivity index (χ0) is 13.8. The van der Waals surface area contributed by atoms with Crippen LogP contribution in [0.25, 0.3) is 0 Å². The van der Waals surface area contributed by atoms with Crippen LogP contribution in [0.5, 0.6) is 0 Å². The summed E-state index contributed by atoms with van der Waals surface area (Å²) in [7, 11) is 4.19. The van der Waals surface area contributed by atoms with Gasteiger partial charge in [-0.25, -0.2) is 0 Å². The quantitative estimate of drug-likeness (QED) is 0.861. The van der Waals surface area contributed by atoms with Crippen molar-refractivity contribution in [3.8, 4) is 0 Å². The summed E-state index contributed by atoms with van der Waals surface area (Å²) in [6.45, 7) is 2.99. The maximum Gasteiger partial charge on any atom is 0.0801 e. The van der Waals surface area contributed by atoms with Crippen molar-refractivity contribution in [2.24, 2.45) is 0 Å². The zero-order valence-electron chi connectivity index (χ0n) is 11.4. The van der Waals surface area contributed by atoms with E-state index in [4.69, 9.17) is 11.6 Å². The Morgan fingerprint density at radius 1 is 1.37 bits per heavy atom. The lowest BCUT2D eigenvalue weighted by molar-refractivity contribution is 0.0265. The molecule has 1 heterocycles. The van der Waals surface area contributed by atoms with E-state index in [1.54, 1.807) is 11.8 Å². The van der Waals surface area contributed by atoms with Crippen LogP contribution in [0.3, 0.4) is 0 Å². The van der Waals surface area contributed by atoms with Gasteiger partial charge in [0, 0.05) is 36.3 Å².